The largest absolute Gasteiger partial charge is 0.490 e. The van der Waals surface area contributed by atoms with Gasteiger partial charge in [0.2, 0.25) is 0 Å². The van der Waals surface area contributed by atoms with Crippen LogP contribution in [0.5, 0.6) is 11.5 Å². The maximum absolute atomic E-state index is 12.5. The van der Waals surface area contributed by atoms with E-state index >= 15 is 0 Å². The van der Waals surface area contributed by atoms with Gasteiger partial charge in [-0.1, -0.05) is 26.0 Å². The number of hydrogen-bond acceptors (Lipinski definition) is 3. The van der Waals surface area contributed by atoms with Crippen molar-refractivity contribution in [3.05, 3.63) is 23.8 Å². The number of alkyl halides is 2. The van der Waals surface area contributed by atoms with E-state index in [-0.39, 0.29) is 11.8 Å². The van der Waals surface area contributed by atoms with Crippen LogP contribution in [0.2, 0.25) is 0 Å². The van der Waals surface area contributed by atoms with Gasteiger partial charge in [0.15, 0.2) is 11.5 Å². The molecule has 1 aromatic carbocycles. The Hall–Kier alpha value is -1.36. The van der Waals surface area contributed by atoms with Crippen molar-refractivity contribution in [3.63, 3.8) is 0 Å². The van der Waals surface area contributed by atoms with Crippen LogP contribution in [-0.4, -0.2) is 19.3 Å². The molecule has 0 amide bonds. The molecule has 0 bridgehead atoms. The maximum atomic E-state index is 12.5. The molecule has 3 nitrogen and oxygen atoms in total. The first kappa shape index (κ1) is 16.7. The van der Waals surface area contributed by atoms with Crippen LogP contribution in [0.1, 0.15) is 33.3 Å². The van der Waals surface area contributed by atoms with Gasteiger partial charge in [-0.3, -0.25) is 0 Å². The maximum Gasteiger partial charge on any atom is 0.387 e. The van der Waals surface area contributed by atoms with Gasteiger partial charge in [0.1, 0.15) is 0 Å². The Kier molecular flexibility index (Phi) is 6.71. The van der Waals surface area contributed by atoms with E-state index in [1.165, 1.54) is 0 Å². The predicted molar refractivity (Wildman–Crippen MR) is 75.4 cm³/mol. The third-order valence-corrected chi connectivity index (χ3v) is 3.18. The number of hydrogen-bond donors (Lipinski definition) is 1. The highest BCUT2D eigenvalue weighted by atomic mass is 19.3. The molecule has 0 aliphatic rings. The van der Waals surface area contributed by atoms with E-state index in [1.54, 1.807) is 25.1 Å². The summed E-state index contributed by atoms with van der Waals surface area (Å²) in [6.07, 6.45) is 0. The molecule has 1 N–H and O–H groups in total. The van der Waals surface area contributed by atoms with Gasteiger partial charge in [-0.25, -0.2) is 0 Å². The molecule has 0 saturated heterocycles. The van der Waals surface area contributed by atoms with E-state index in [0.29, 0.717) is 30.4 Å². The fourth-order valence-corrected chi connectivity index (χ4v) is 1.70. The van der Waals surface area contributed by atoms with Gasteiger partial charge in [-0.15, -0.1) is 0 Å². The van der Waals surface area contributed by atoms with E-state index in [0.717, 1.165) is 0 Å². The minimum absolute atomic E-state index is 0.118. The number of nitrogens with one attached hydrogen (secondary N) is 1. The monoisotopic (exact) mass is 287 g/mol. The molecule has 114 valence electrons. The Morgan fingerprint density at radius 2 is 1.90 bits per heavy atom. The van der Waals surface area contributed by atoms with Gasteiger partial charge in [0, 0.05) is 18.2 Å². The Labute approximate surface area is 119 Å². The van der Waals surface area contributed by atoms with Crippen molar-refractivity contribution < 1.29 is 18.3 Å². The molecule has 0 saturated carbocycles. The predicted octanol–water partition coefficient (Wildman–Crippen LogP) is 3.82. The molecule has 0 aliphatic carbocycles. The lowest BCUT2D eigenvalue weighted by Gasteiger charge is -2.20. The van der Waals surface area contributed by atoms with Gasteiger partial charge >= 0.3 is 6.61 Å². The Balaban J connectivity index is 2.90. The number of para-hydroxylation sites is 1. The Bertz CT molecular complexity index is 411. The van der Waals surface area contributed by atoms with Crippen molar-refractivity contribution in [1.82, 2.24) is 5.32 Å². The first-order chi connectivity index (χ1) is 9.45. The highest BCUT2D eigenvalue weighted by molar-refractivity contribution is 5.46. The molecule has 0 radical (unpaired) electrons. The molecule has 1 atom stereocenters. The third kappa shape index (κ3) is 4.96. The summed E-state index contributed by atoms with van der Waals surface area (Å²) in [6, 6.07) is 5.46. The molecule has 20 heavy (non-hydrogen) atoms. The van der Waals surface area contributed by atoms with Gasteiger partial charge < -0.3 is 14.8 Å². The van der Waals surface area contributed by atoms with E-state index in [4.69, 9.17) is 4.74 Å². The van der Waals surface area contributed by atoms with Crippen LogP contribution in [0, 0.1) is 5.92 Å². The summed E-state index contributed by atoms with van der Waals surface area (Å²) >= 11 is 0. The Morgan fingerprint density at radius 1 is 1.20 bits per heavy atom. The van der Waals surface area contributed by atoms with Gasteiger partial charge in [0.05, 0.1) is 6.61 Å². The van der Waals surface area contributed by atoms with Crippen molar-refractivity contribution in [2.45, 2.75) is 46.9 Å². The molecular formula is C15H23F2NO2. The lowest BCUT2D eigenvalue weighted by Crippen LogP contribution is -2.30. The average molecular weight is 287 g/mol. The summed E-state index contributed by atoms with van der Waals surface area (Å²) in [4.78, 5) is 0. The first-order valence-electron chi connectivity index (χ1n) is 6.88. The molecule has 0 fully saturated rings. The first-order valence-corrected chi connectivity index (χ1v) is 6.88. The lowest BCUT2D eigenvalue weighted by molar-refractivity contribution is -0.0521. The second-order valence-corrected chi connectivity index (χ2v) is 4.97. The molecule has 0 spiro atoms. The van der Waals surface area contributed by atoms with Crippen LogP contribution in [-0.2, 0) is 6.54 Å². The molecule has 1 unspecified atom stereocenters. The zero-order valence-electron chi connectivity index (χ0n) is 12.5. The van der Waals surface area contributed by atoms with Crippen molar-refractivity contribution in [2.24, 2.45) is 5.92 Å². The summed E-state index contributed by atoms with van der Waals surface area (Å²) in [6.45, 7) is 6.07. The quantitative estimate of drug-likeness (QED) is 0.788. The van der Waals surface area contributed by atoms with Gasteiger partial charge in [-0.2, -0.15) is 8.78 Å². The van der Waals surface area contributed by atoms with E-state index in [2.05, 4.69) is 30.8 Å². The molecular weight excluding hydrogens is 264 g/mol. The van der Waals surface area contributed by atoms with Crippen LogP contribution in [0.4, 0.5) is 8.78 Å². The number of benzene rings is 1. The second-order valence-electron chi connectivity index (χ2n) is 4.97. The lowest BCUT2D eigenvalue weighted by atomic mass is 10.1. The van der Waals surface area contributed by atoms with Crippen molar-refractivity contribution in [1.29, 1.82) is 0 Å². The summed E-state index contributed by atoms with van der Waals surface area (Å²) in [7, 11) is 0. The topological polar surface area (TPSA) is 30.5 Å². The highest BCUT2D eigenvalue weighted by Gasteiger charge is 2.16. The van der Waals surface area contributed by atoms with Gasteiger partial charge in [0.25, 0.3) is 0 Å². The van der Waals surface area contributed by atoms with Crippen LogP contribution in [0.3, 0.4) is 0 Å². The van der Waals surface area contributed by atoms with Crippen LogP contribution in [0.25, 0.3) is 0 Å². The van der Waals surface area contributed by atoms with Crippen molar-refractivity contribution >= 4 is 0 Å². The van der Waals surface area contributed by atoms with Crippen LogP contribution in [0.15, 0.2) is 18.2 Å². The molecule has 5 heteroatoms. The zero-order valence-corrected chi connectivity index (χ0v) is 12.5. The molecule has 1 rings (SSSR count). The fraction of sp³-hybridized carbons (Fsp3) is 0.600. The standard InChI is InChI=1S/C15H23F2NO2/c1-5-19-13-8-6-7-12(14(13)20-15(16)17)9-18-11(4)10(2)3/h6-8,10-11,15,18H,5,9H2,1-4H3. The molecule has 0 aliphatic heterocycles. The summed E-state index contributed by atoms with van der Waals surface area (Å²) in [5.41, 5.74) is 0.670. The Morgan fingerprint density at radius 3 is 2.45 bits per heavy atom. The molecule has 0 aromatic heterocycles. The summed E-state index contributed by atoms with van der Waals surface area (Å²) < 4.78 is 35.1. The summed E-state index contributed by atoms with van der Waals surface area (Å²) in [5.74, 6) is 0.932. The molecule has 0 heterocycles. The van der Waals surface area contributed by atoms with Crippen LogP contribution < -0.4 is 14.8 Å². The summed E-state index contributed by atoms with van der Waals surface area (Å²) in [5, 5.41) is 3.30. The number of rotatable bonds is 8. The van der Waals surface area contributed by atoms with Crippen LogP contribution >= 0.6 is 0 Å². The minimum Gasteiger partial charge on any atom is -0.490 e. The number of ether oxygens (including phenoxy) is 2. The zero-order chi connectivity index (χ0) is 15.1. The fourth-order valence-electron chi connectivity index (χ4n) is 1.70. The third-order valence-electron chi connectivity index (χ3n) is 3.18. The van der Waals surface area contributed by atoms with E-state index in [9.17, 15) is 8.78 Å². The second kappa shape index (κ2) is 8.04. The smallest absolute Gasteiger partial charge is 0.387 e. The van der Waals surface area contributed by atoms with Crippen molar-refractivity contribution in [2.75, 3.05) is 6.61 Å². The normalized spacial score (nSPS) is 12.8. The highest BCUT2D eigenvalue weighted by Crippen LogP contribution is 2.32. The SMILES string of the molecule is CCOc1cccc(CNC(C)C(C)C)c1OC(F)F. The average Bonchev–Trinajstić information content (AvgIpc) is 2.38. The van der Waals surface area contributed by atoms with Gasteiger partial charge in [-0.05, 0) is 25.8 Å². The van der Waals surface area contributed by atoms with Crippen molar-refractivity contribution in [3.8, 4) is 11.5 Å². The molecule has 1 aromatic rings. The van der Waals surface area contributed by atoms with E-state index in [1.807, 2.05) is 0 Å². The van der Waals surface area contributed by atoms with E-state index < -0.39 is 6.61 Å². The number of halogens is 2. The minimum atomic E-state index is -2.86.